The molecule has 5 heteroatoms. The minimum absolute atomic E-state index is 0.0930. The van der Waals surface area contributed by atoms with Crippen molar-refractivity contribution in [2.75, 3.05) is 20.2 Å². The third kappa shape index (κ3) is 7.16. The molecule has 2 aliphatic rings. The Kier molecular flexibility index (Phi) is 8.56. The van der Waals surface area contributed by atoms with Gasteiger partial charge >= 0.3 is 0 Å². The van der Waals surface area contributed by atoms with Crippen molar-refractivity contribution in [1.29, 1.82) is 0 Å². The van der Waals surface area contributed by atoms with Crippen LogP contribution >= 0.6 is 0 Å². The molecule has 0 unspecified atom stereocenters. The number of nitrogens with zero attached hydrogens (tertiary/aromatic N) is 1. The average molecular weight is 401 g/mol. The standard InChI is InChI=1S/C24H36N2O3/c1-29-23-9-5-8-20(16-23)17-26(21-10-12-22(27)13-11-21)18-24(28)25-15-14-19-6-3-2-4-7-19/h5-6,8-9,16,21-22,27H,2-4,7,10-15,17-18H2,1H3,(H,25,28). The van der Waals surface area contributed by atoms with E-state index in [1.807, 2.05) is 18.2 Å². The van der Waals surface area contributed by atoms with Crippen molar-refractivity contribution < 1.29 is 14.6 Å². The number of hydrogen-bond donors (Lipinski definition) is 2. The molecule has 1 fully saturated rings. The minimum Gasteiger partial charge on any atom is -0.497 e. The number of aliphatic hydroxyl groups excluding tert-OH is 1. The average Bonchev–Trinajstić information content (AvgIpc) is 2.75. The van der Waals surface area contributed by atoms with E-state index in [9.17, 15) is 9.90 Å². The van der Waals surface area contributed by atoms with Gasteiger partial charge in [0.1, 0.15) is 5.75 Å². The van der Waals surface area contributed by atoms with Crippen LogP contribution in [0.15, 0.2) is 35.9 Å². The molecule has 0 aliphatic heterocycles. The molecule has 0 spiro atoms. The first-order valence-electron chi connectivity index (χ1n) is 11.1. The Bertz CT molecular complexity index is 680. The van der Waals surface area contributed by atoms with Crippen molar-refractivity contribution in [2.24, 2.45) is 0 Å². The Morgan fingerprint density at radius 1 is 1.24 bits per heavy atom. The number of carbonyl (C=O) groups excluding carboxylic acids is 1. The van der Waals surface area contributed by atoms with Gasteiger partial charge in [-0.1, -0.05) is 23.8 Å². The van der Waals surface area contributed by atoms with Gasteiger partial charge in [0, 0.05) is 19.1 Å². The molecular formula is C24H36N2O3. The summed E-state index contributed by atoms with van der Waals surface area (Å²) in [7, 11) is 1.68. The first-order valence-corrected chi connectivity index (χ1v) is 11.1. The fourth-order valence-electron chi connectivity index (χ4n) is 4.48. The first kappa shape index (κ1) is 21.8. The van der Waals surface area contributed by atoms with E-state index in [4.69, 9.17) is 4.74 Å². The van der Waals surface area contributed by atoms with Gasteiger partial charge in [0.15, 0.2) is 0 Å². The Hall–Kier alpha value is -1.85. The highest BCUT2D eigenvalue weighted by atomic mass is 16.5. The van der Waals surface area contributed by atoms with Crippen LogP contribution in [-0.2, 0) is 11.3 Å². The van der Waals surface area contributed by atoms with Gasteiger partial charge in [-0.3, -0.25) is 9.69 Å². The van der Waals surface area contributed by atoms with Gasteiger partial charge in [-0.05, 0) is 75.5 Å². The number of ether oxygens (including phenoxy) is 1. The quantitative estimate of drug-likeness (QED) is 0.619. The zero-order valence-corrected chi connectivity index (χ0v) is 17.7. The van der Waals surface area contributed by atoms with Crippen LogP contribution in [0.5, 0.6) is 5.75 Å². The Morgan fingerprint density at radius 2 is 2.07 bits per heavy atom. The molecule has 0 bridgehead atoms. The SMILES string of the molecule is COc1cccc(CN(CC(=O)NCCC2=CCCCC2)C2CCC(O)CC2)c1. The molecule has 29 heavy (non-hydrogen) atoms. The number of amides is 1. The highest BCUT2D eigenvalue weighted by Gasteiger charge is 2.26. The first-order chi connectivity index (χ1) is 14.1. The van der Waals surface area contributed by atoms with Crippen LogP contribution < -0.4 is 10.1 Å². The minimum atomic E-state index is -0.192. The van der Waals surface area contributed by atoms with Crippen LogP contribution in [0.2, 0.25) is 0 Å². The maximum absolute atomic E-state index is 12.7. The number of methoxy groups -OCH3 is 1. The van der Waals surface area contributed by atoms with Crippen LogP contribution in [0.3, 0.4) is 0 Å². The lowest BCUT2D eigenvalue weighted by Crippen LogP contribution is -2.44. The van der Waals surface area contributed by atoms with Crippen molar-refractivity contribution in [3.63, 3.8) is 0 Å². The molecule has 160 valence electrons. The van der Waals surface area contributed by atoms with E-state index in [-0.39, 0.29) is 12.0 Å². The number of benzene rings is 1. The highest BCUT2D eigenvalue weighted by Crippen LogP contribution is 2.25. The number of nitrogens with one attached hydrogen (secondary N) is 1. The number of allylic oxidation sites excluding steroid dienone is 1. The van der Waals surface area contributed by atoms with Crippen LogP contribution in [0.25, 0.3) is 0 Å². The predicted molar refractivity (Wildman–Crippen MR) is 116 cm³/mol. The molecule has 2 N–H and O–H groups in total. The fourth-order valence-corrected chi connectivity index (χ4v) is 4.48. The molecule has 1 aromatic carbocycles. The van der Waals surface area contributed by atoms with Crippen molar-refractivity contribution in [3.8, 4) is 5.75 Å². The summed E-state index contributed by atoms with van der Waals surface area (Å²) < 4.78 is 5.35. The molecule has 1 amide bonds. The topological polar surface area (TPSA) is 61.8 Å². The van der Waals surface area contributed by atoms with Crippen LogP contribution in [-0.4, -0.2) is 48.3 Å². The molecule has 1 aromatic rings. The summed E-state index contributed by atoms with van der Waals surface area (Å²) in [6.07, 6.45) is 11.6. The third-order valence-electron chi connectivity index (χ3n) is 6.20. The summed E-state index contributed by atoms with van der Waals surface area (Å²) in [5, 5.41) is 13.0. The third-order valence-corrected chi connectivity index (χ3v) is 6.20. The lowest BCUT2D eigenvalue weighted by atomic mass is 9.91. The van der Waals surface area contributed by atoms with Crippen LogP contribution in [0.1, 0.15) is 63.4 Å². The zero-order chi connectivity index (χ0) is 20.5. The molecule has 1 saturated carbocycles. The molecule has 2 aliphatic carbocycles. The second kappa shape index (κ2) is 11.4. The lowest BCUT2D eigenvalue weighted by Gasteiger charge is -2.35. The van der Waals surface area contributed by atoms with Gasteiger partial charge in [0.05, 0.1) is 19.8 Å². The molecule has 3 rings (SSSR count). The highest BCUT2D eigenvalue weighted by molar-refractivity contribution is 5.78. The number of carbonyl (C=O) groups is 1. The molecule has 0 heterocycles. The van der Waals surface area contributed by atoms with E-state index in [0.717, 1.165) is 56.5 Å². The van der Waals surface area contributed by atoms with Gasteiger partial charge in [-0.2, -0.15) is 0 Å². The number of rotatable bonds is 9. The van der Waals surface area contributed by atoms with E-state index in [1.54, 1.807) is 7.11 Å². The van der Waals surface area contributed by atoms with Crippen LogP contribution in [0.4, 0.5) is 0 Å². The van der Waals surface area contributed by atoms with E-state index in [2.05, 4.69) is 22.4 Å². The fraction of sp³-hybridized carbons (Fsp3) is 0.625. The molecule has 0 radical (unpaired) electrons. The van der Waals surface area contributed by atoms with Crippen molar-refractivity contribution in [1.82, 2.24) is 10.2 Å². The van der Waals surface area contributed by atoms with Gasteiger partial charge in [0.2, 0.25) is 5.91 Å². The summed E-state index contributed by atoms with van der Waals surface area (Å²) >= 11 is 0. The normalized spacial score (nSPS) is 22.2. The van der Waals surface area contributed by atoms with E-state index in [1.165, 1.54) is 31.3 Å². The summed E-state index contributed by atoms with van der Waals surface area (Å²) in [6.45, 7) is 1.84. The second-order valence-electron chi connectivity index (χ2n) is 8.43. The second-order valence-corrected chi connectivity index (χ2v) is 8.43. The smallest absolute Gasteiger partial charge is 0.234 e. The maximum Gasteiger partial charge on any atom is 0.234 e. The van der Waals surface area contributed by atoms with Crippen molar-refractivity contribution >= 4 is 5.91 Å². The summed E-state index contributed by atoms with van der Waals surface area (Å²) in [5.74, 6) is 0.933. The molecule has 0 atom stereocenters. The summed E-state index contributed by atoms with van der Waals surface area (Å²) in [5.41, 5.74) is 2.64. The number of hydrogen-bond acceptors (Lipinski definition) is 4. The largest absolute Gasteiger partial charge is 0.497 e. The van der Waals surface area contributed by atoms with E-state index < -0.39 is 0 Å². The Morgan fingerprint density at radius 3 is 2.79 bits per heavy atom. The Balaban J connectivity index is 1.56. The van der Waals surface area contributed by atoms with Crippen molar-refractivity contribution in [3.05, 3.63) is 41.5 Å². The van der Waals surface area contributed by atoms with Crippen molar-refractivity contribution in [2.45, 2.75) is 76.5 Å². The zero-order valence-electron chi connectivity index (χ0n) is 17.7. The van der Waals surface area contributed by atoms with Gasteiger partial charge in [-0.15, -0.1) is 0 Å². The summed E-state index contributed by atoms with van der Waals surface area (Å²) in [4.78, 5) is 14.9. The predicted octanol–water partition coefficient (Wildman–Crippen LogP) is 3.81. The number of aliphatic hydroxyl groups is 1. The van der Waals surface area contributed by atoms with Gasteiger partial charge in [-0.25, -0.2) is 0 Å². The van der Waals surface area contributed by atoms with E-state index in [0.29, 0.717) is 12.6 Å². The summed E-state index contributed by atoms with van der Waals surface area (Å²) in [6, 6.07) is 8.39. The van der Waals surface area contributed by atoms with Gasteiger partial charge in [0.25, 0.3) is 0 Å². The molecule has 0 saturated heterocycles. The molecule has 0 aromatic heterocycles. The lowest BCUT2D eigenvalue weighted by molar-refractivity contribution is -0.123. The monoisotopic (exact) mass is 400 g/mol. The van der Waals surface area contributed by atoms with Crippen LogP contribution in [0, 0.1) is 0 Å². The van der Waals surface area contributed by atoms with E-state index >= 15 is 0 Å². The van der Waals surface area contributed by atoms with Gasteiger partial charge < -0.3 is 15.2 Å². The molecular weight excluding hydrogens is 364 g/mol. The maximum atomic E-state index is 12.7. The Labute approximate surface area is 175 Å². The molecule has 5 nitrogen and oxygen atoms in total.